The van der Waals surface area contributed by atoms with Crippen LogP contribution >= 0.6 is 11.3 Å². The van der Waals surface area contributed by atoms with Gasteiger partial charge in [-0.3, -0.25) is 5.10 Å². The summed E-state index contributed by atoms with van der Waals surface area (Å²) in [7, 11) is 0. The number of hydrogen-bond donors (Lipinski definition) is 2. The van der Waals surface area contributed by atoms with Crippen LogP contribution in [0.15, 0.2) is 48.1 Å². The molecule has 3 aromatic heterocycles. The Morgan fingerprint density at radius 3 is 2.83 bits per heavy atom. The second-order valence-electron chi connectivity index (χ2n) is 5.13. The van der Waals surface area contributed by atoms with Crippen molar-refractivity contribution in [1.29, 1.82) is 0 Å². The third-order valence-electron chi connectivity index (χ3n) is 3.54. The number of nitrogens with zero attached hydrogens (tertiary/aromatic N) is 4. The van der Waals surface area contributed by atoms with Gasteiger partial charge in [0.2, 0.25) is 0 Å². The molecule has 0 saturated heterocycles. The molecule has 0 spiro atoms. The normalized spacial score (nSPS) is 12.4. The van der Waals surface area contributed by atoms with Gasteiger partial charge in [0.25, 0.3) is 0 Å². The van der Waals surface area contributed by atoms with Crippen LogP contribution in [0, 0.1) is 0 Å². The standard InChI is InChI=1S/C16H14N6S/c1-10(14-17-9-18-22-14)19-15-11-5-2-3-6-12(11)20-16(21-15)13-7-4-8-23-13/h2-10H,1H3,(H,17,18,22)(H,19,20,21). The second-order valence-corrected chi connectivity index (χ2v) is 6.07. The number of thiophene rings is 1. The van der Waals surface area contributed by atoms with Crippen molar-refractivity contribution in [1.82, 2.24) is 25.1 Å². The number of hydrogen-bond acceptors (Lipinski definition) is 6. The Bertz CT molecular complexity index is 917. The molecule has 0 amide bonds. The SMILES string of the molecule is CC(Nc1nc(-c2cccs2)nc2ccccc12)c1ncn[nH]1. The van der Waals surface area contributed by atoms with Gasteiger partial charge in [0.05, 0.1) is 16.4 Å². The number of H-pyrrole nitrogens is 1. The average molecular weight is 322 g/mol. The zero-order valence-corrected chi connectivity index (χ0v) is 13.2. The molecule has 1 aromatic carbocycles. The van der Waals surface area contributed by atoms with Crippen LogP contribution in [-0.2, 0) is 0 Å². The first-order valence-electron chi connectivity index (χ1n) is 7.24. The maximum Gasteiger partial charge on any atom is 0.172 e. The molecule has 4 rings (SSSR count). The summed E-state index contributed by atoms with van der Waals surface area (Å²) in [5.41, 5.74) is 0.915. The fourth-order valence-corrected chi connectivity index (χ4v) is 3.06. The van der Waals surface area contributed by atoms with Crippen LogP contribution in [0.25, 0.3) is 21.6 Å². The van der Waals surface area contributed by atoms with E-state index in [0.717, 1.165) is 33.2 Å². The van der Waals surface area contributed by atoms with E-state index in [1.54, 1.807) is 11.3 Å². The fraction of sp³-hybridized carbons (Fsp3) is 0.125. The van der Waals surface area contributed by atoms with Gasteiger partial charge in [-0.2, -0.15) is 5.10 Å². The monoisotopic (exact) mass is 322 g/mol. The van der Waals surface area contributed by atoms with E-state index in [9.17, 15) is 0 Å². The topological polar surface area (TPSA) is 79.4 Å². The lowest BCUT2D eigenvalue weighted by Crippen LogP contribution is -2.11. The van der Waals surface area contributed by atoms with Gasteiger partial charge in [-0.05, 0) is 30.5 Å². The number of aromatic nitrogens is 5. The minimum atomic E-state index is -0.0352. The van der Waals surface area contributed by atoms with E-state index < -0.39 is 0 Å². The molecule has 0 aliphatic rings. The van der Waals surface area contributed by atoms with Crippen LogP contribution in [0.3, 0.4) is 0 Å². The zero-order chi connectivity index (χ0) is 15.6. The summed E-state index contributed by atoms with van der Waals surface area (Å²) in [4.78, 5) is 14.6. The summed E-state index contributed by atoms with van der Waals surface area (Å²) >= 11 is 1.63. The first kappa shape index (κ1) is 13.8. The minimum absolute atomic E-state index is 0.0352. The number of nitrogens with one attached hydrogen (secondary N) is 2. The number of para-hydroxylation sites is 1. The number of anilines is 1. The summed E-state index contributed by atoms with van der Waals surface area (Å²) < 4.78 is 0. The smallest absolute Gasteiger partial charge is 0.172 e. The molecule has 0 aliphatic carbocycles. The fourth-order valence-electron chi connectivity index (χ4n) is 2.40. The highest BCUT2D eigenvalue weighted by Gasteiger charge is 2.14. The molecule has 0 bridgehead atoms. The van der Waals surface area contributed by atoms with E-state index in [2.05, 4.69) is 25.5 Å². The van der Waals surface area contributed by atoms with Gasteiger partial charge in [-0.25, -0.2) is 15.0 Å². The van der Waals surface area contributed by atoms with Crippen LogP contribution < -0.4 is 5.32 Å². The van der Waals surface area contributed by atoms with E-state index in [4.69, 9.17) is 4.98 Å². The van der Waals surface area contributed by atoms with Gasteiger partial charge in [0, 0.05) is 5.39 Å². The molecule has 0 aliphatic heterocycles. The van der Waals surface area contributed by atoms with E-state index in [1.807, 2.05) is 48.7 Å². The van der Waals surface area contributed by atoms with Crippen molar-refractivity contribution < 1.29 is 0 Å². The molecule has 6 nitrogen and oxygen atoms in total. The first-order chi connectivity index (χ1) is 11.3. The van der Waals surface area contributed by atoms with Crippen molar-refractivity contribution in [2.75, 3.05) is 5.32 Å². The van der Waals surface area contributed by atoms with Crippen molar-refractivity contribution in [2.45, 2.75) is 13.0 Å². The zero-order valence-electron chi connectivity index (χ0n) is 12.4. The third kappa shape index (κ3) is 2.66. The third-order valence-corrected chi connectivity index (χ3v) is 4.41. The highest BCUT2D eigenvalue weighted by atomic mass is 32.1. The maximum absolute atomic E-state index is 4.72. The Balaban J connectivity index is 1.80. The van der Waals surface area contributed by atoms with Crippen LogP contribution in [0.5, 0.6) is 0 Å². The van der Waals surface area contributed by atoms with E-state index in [0.29, 0.717) is 0 Å². The Morgan fingerprint density at radius 1 is 1.13 bits per heavy atom. The average Bonchev–Trinajstić information content (AvgIpc) is 3.28. The molecule has 2 N–H and O–H groups in total. The molecule has 23 heavy (non-hydrogen) atoms. The molecular formula is C16H14N6S. The molecule has 4 aromatic rings. The molecule has 0 saturated carbocycles. The van der Waals surface area contributed by atoms with Crippen molar-refractivity contribution in [3.05, 3.63) is 53.9 Å². The largest absolute Gasteiger partial charge is 0.360 e. The van der Waals surface area contributed by atoms with E-state index in [-0.39, 0.29) is 6.04 Å². The van der Waals surface area contributed by atoms with Gasteiger partial charge < -0.3 is 5.32 Å². The predicted octanol–water partition coefficient (Wildman–Crippen LogP) is 3.65. The number of fused-ring (bicyclic) bond motifs is 1. The lowest BCUT2D eigenvalue weighted by molar-refractivity contribution is 0.791. The first-order valence-corrected chi connectivity index (χ1v) is 8.11. The molecule has 1 atom stereocenters. The molecule has 3 heterocycles. The summed E-state index contributed by atoms with van der Waals surface area (Å²) in [6, 6.07) is 12.0. The molecule has 1 unspecified atom stereocenters. The lowest BCUT2D eigenvalue weighted by Gasteiger charge is -2.14. The number of rotatable bonds is 4. The van der Waals surface area contributed by atoms with Gasteiger partial charge in [0.1, 0.15) is 18.0 Å². The van der Waals surface area contributed by atoms with Crippen LogP contribution in [0.2, 0.25) is 0 Å². The molecule has 7 heteroatoms. The van der Waals surface area contributed by atoms with Crippen LogP contribution in [0.4, 0.5) is 5.82 Å². The second kappa shape index (κ2) is 5.77. The summed E-state index contributed by atoms with van der Waals surface area (Å²) in [5, 5.41) is 13.2. The highest BCUT2D eigenvalue weighted by Crippen LogP contribution is 2.28. The van der Waals surface area contributed by atoms with Crippen molar-refractivity contribution >= 4 is 28.1 Å². The molecule has 114 valence electrons. The van der Waals surface area contributed by atoms with Gasteiger partial charge in [-0.15, -0.1) is 11.3 Å². The molecular weight excluding hydrogens is 308 g/mol. The van der Waals surface area contributed by atoms with Gasteiger partial charge >= 0.3 is 0 Å². The Labute approximate surface area is 136 Å². The summed E-state index contributed by atoms with van der Waals surface area (Å²) in [6.45, 7) is 2.02. The highest BCUT2D eigenvalue weighted by molar-refractivity contribution is 7.13. The Morgan fingerprint density at radius 2 is 2.04 bits per heavy atom. The van der Waals surface area contributed by atoms with Crippen LogP contribution in [0.1, 0.15) is 18.8 Å². The van der Waals surface area contributed by atoms with Crippen molar-refractivity contribution in [3.63, 3.8) is 0 Å². The van der Waals surface area contributed by atoms with E-state index in [1.165, 1.54) is 6.33 Å². The molecule has 0 fully saturated rings. The summed E-state index contributed by atoms with van der Waals surface area (Å²) in [6.07, 6.45) is 1.50. The predicted molar refractivity (Wildman–Crippen MR) is 91.3 cm³/mol. The lowest BCUT2D eigenvalue weighted by atomic mass is 10.2. The quantitative estimate of drug-likeness (QED) is 0.599. The number of aromatic amines is 1. The Hall–Kier alpha value is -2.80. The van der Waals surface area contributed by atoms with Crippen molar-refractivity contribution in [2.24, 2.45) is 0 Å². The Kier molecular flexibility index (Phi) is 3.47. The van der Waals surface area contributed by atoms with Crippen LogP contribution in [-0.4, -0.2) is 25.1 Å². The van der Waals surface area contributed by atoms with E-state index >= 15 is 0 Å². The summed E-state index contributed by atoms with van der Waals surface area (Å²) in [5.74, 6) is 2.29. The van der Waals surface area contributed by atoms with Gasteiger partial charge in [0.15, 0.2) is 5.82 Å². The minimum Gasteiger partial charge on any atom is -0.360 e. The maximum atomic E-state index is 4.72. The van der Waals surface area contributed by atoms with Crippen molar-refractivity contribution in [3.8, 4) is 10.7 Å². The van der Waals surface area contributed by atoms with Gasteiger partial charge in [-0.1, -0.05) is 18.2 Å². The number of benzene rings is 1. The molecule has 0 radical (unpaired) electrons.